The predicted octanol–water partition coefficient (Wildman–Crippen LogP) is 1.38. The van der Waals surface area contributed by atoms with E-state index in [0.717, 1.165) is 0 Å². The van der Waals surface area contributed by atoms with Crippen LogP contribution < -0.4 is 9.80 Å². The smallest absolute Gasteiger partial charge is 0.179 e. The molecule has 3 heterocycles. The molecule has 0 radical (unpaired) electrons. The van der Waals surface area contributed by atoms with Gasteiger partial charge in [0.25, 0.3) is 0 Å². The molecule has 3 rings (SSSR count). The van der Waals surface area contributed by atoms with Crippen LogP contribution in [0.15, 0.2) is 0 Å². The van der Waals surface area contributed by atoms with E-state index in [1.807, 2.05) is 38.1 Å². The van der Waals surface area contributed by atoms with Crippen molar-refractivity contribution >= 4 is 23.3 Å². The molecule has 0 saturated carbocycles. The minimum Gasteiger partial charge on any atom is -0.305 e. The largest absolute Gasteiger partial charge is 0.305 e. The number of aromatic nitrogens is 4. The zero-order valence-electron chi connectivity index (χ0n) is 13.9. The first-order chi connectivity index (χ1) is 12.6. The molecule has 0 saturated heterocycles. The van der Waals surface area contributed by atoms with E-state index in [-0.39, 0.29) is 22.8 Å². The minimum absolute atomic E-state index is 0.0914. The molecule has 2 aromatic heterocycles. The Bertz CT molecular complexity index is 907. The molecule has 0 unspecified atom stereocenters. The highest BCUT2D eigenvalue weighted by atomic mass is 15.4. The van der Waals surface area contributed by atoms with E-state index in [0.29, 0.717) is 36.4 Å². The lowest BCUT2D eigenvalue weighted by atomic mass is 10.2. The van der Waals surface area contributed by atoms with Gasteiger partial charge in [0.1, 0.15) is 24.3 Å². The van der Waals surface area contributed by atoms with Gasteiger partial charge in [-0.3, -0.25) is 0 Å². The van der Waals surface area contributed by atoms with Gasteiger partial charge >= 0.3 is 0 Å². The standard InChI is InChI=1S/C16H10N10/c1-3-25-13-15(23-11(7-19)9(5-17)21-13)26(4-2)16-14(25)22-10(6-18)12(8-20)24-16/h3-4H2,1-2H3. The van der Waals surface area contributed by atoms with Crippen molar-refractivity contribution in [2.45, 2.75) is 13.8 Å². The Hall–Kier alpha value is -4.28. The van der Waals surface area contributed by atoms with Crippen LogP contribution >= 0.6 is 0 Å². The first-order valence-corrected chi connectivity index (χ1v) is 7.62. The molecule has 0 fully saturated rings. The van der Waals surface area contributed by atoms with Gasteiger partial charge in [-0.25, -0.2) is 19.9 Å². The fraction of sp³-hybridized carbons (Fsp3) is 0.250. The predicted molar refractivity (Wildman–Crippen MR) is 88.3 cm³/mol. The zero-order chi connectivity index (χ0) is 18.8. The summed E-state index contributed by atoms with van der Waals surface area (Å²) in [5.74, 6) is 1.39. The van der Waals surface area contributed by atoms with Crippen LogP contribution in [-0.2, 0) is 0 Å². The van der Waals surface area contributed by atoms with Crippen LogP contribution in [0.2, 0.25) is 0 Å². The van der Waals surface area contributed by atoms with Crippen molar-refractivity contribution in [1.82, 2.24) is 19.9 Å². The van der Waals surface area contributed by atoms with E-state index in [4.69, 9.17) is 0 Å². The molecule has 124 valence electrons. The van der Waals surface area contributed by atoms with Crippen LogP contribution in [-0.4, -0.2) is 33.0 Å². The van der Waals surface area contributed by atoms with Gasteiger partial charge in [0, 0.05) is 13.1 Å². The highest BCUT2D eigenvalue weighted by Gasteiger charge is 2.34. The average molecular weight is 342 g/mol. The third kappa shape index (κ3) is 2.23. The summed E-state index contributed by atoms with van der Waals surface area (Å²) in [5.41, 5.74) is -0.366. The summed E-state index contributed by atoms with van der Waals surface area (Å²) in [4.78, 5) is 20.4. The van der Waals surface area contributed by atoms with Crippen molar-refractivity contribution < 1.29 is 0 Å². The Balaban J connectivity index is 2.37. The topological polar surface area (TPSA) is 153 Å². The summed E-state index contributed by atoms with van der Waals surface area (Å²) in [6, 6.07) is 7.46. The fourth-order valence-electron chi connectivity index (χ4n) is 2.67. The molecule has 0 spiro atoms. The number of anilines is 4. The third-order valence-electron chi connectivity index (χ3n) is 3.80. The Labute approximate surface area is 148 Å². The third-order valence-corrected chi connectivity index (χ3v) is 3.80. The second-order valence-corrected chi connectivity index (χ2v) is 5.07. The molecule has 0 atom stereocenters. The van der Waals surface area contributed by atoms with Gasteiger partial charge in [0.05, 0.1) is 0 Å². The lowest BCUT2D eigenvalue weighted by Gasteiger charge is -2.35. The van der Waals surface area contributed by atoms with Crippen molar-refractivity contribution in [3.63, 3.8) is 0 Å². The number of nitriles is 4. The quantitative estimate of drug-likeness (QED) is 0.781. The molecule has 0 amide bonds. The normalized spacial score (nSPS) is 11.5. The van der Waals surface area contributed by atoms with Crippen LogP contribution in [0.5, 0.6) is 0 Å². The first kappa shape index (κ1) is 16.6. The molecule has 0 N–H and O–H groups in total. The van der Waals surface area contributed by atoms with E-state index >= 15 is 0 Å². The molecular formula is C16H10N10. The van der Waals surface area contributed by atoms with Crippen LogP contribution in [0.3, 0.4) is 0 Å². The summed E-state index contributed by atoms with van der Waals surface area (Å²) >= 11 is 0. The first-order valence-electron chi connectivity index (χ1n) is 7.62. The Kier molecular flexibility index (Phi) is 4.03. The van der Waals surface area contributed by atoms with Gasteiger partial charge in [0.15, 0.2) is 46.0 Å². The molecule has 0 aromatic carbocycles. The lowest BCUT2D eigenvalue weighted by Crippen LogP contribution is -2.33. The molecule has 10 heteroatoms. The summed E-state index contributed by atoms with van der Waals surface area (Å²) in [6.07, 6.45) is 0. The van der Waals surface area contributed by atoms with Crippen LogP contribution in [0.25, 0.3) is 0 Å². The molecule has 1 aliphatic rings. The van der Waals surface area contributed by atoms with Gasteiger partial charge < -0.3 is 9.80 Å². The van der Waals surface area contributed by atoms with E-state index in [2.05, 4.69) is 19.9 Å². The number of hydrogen-bond donors (Lipinski definition) is 0. The SMILES string of the molecule is CCN1c2nc(C#N)c(C#N)nc2N(CC)c2nc(C#N)c(C#N)nc21. The maximum Gasteiger partial charge on any atom is 0.179 e. The molecule has 0 bridgehead atoms. The molecule has 10 nitrogen and oxygen atoms in total. The Morgan fingerprint density at radius 3 is 0.962 bits per heavy atom. The van der Waals surface area contributed by atoms with Gasteiger partial charge in [-0.05, 0) is 13.8 Å². The summed E-state index contributed by atoms with van der Waals surface area (Å²) in [6.45, 7) is 4.50. The van der Waals surface area contributed by atoms with Gasteiger partial charge in [-0.15, -0.1) is 0 Å². The van der Waals surface area contributed by atoms with Gasteiger partial charge in [-0.2, -0.15) is 21.0 Å². The Morgan fingerprint density at radius 1 is 0.577 bits per heavy atom. The number of fused-ring (bicyclic) bond motifs is 2. The summed E-state index contributed by atoms with van der Waals surface area (Å²) in [5, 5.41) is 36.9. The van der Waals surface area contributed by atoms with Crippen LogP contribution in [0.1, 0.15) is 36.6 Å². The number of rotatable bonds is 2. The molecular weight excluding hydrogens is 332 g/mol. The molecule has 26 heavy (non-hydrogen) atoms. The van der Waals surface area contributed by atoms with Crippen molar-refractivity contribution in [1.29, 1.82) is 21.0 Å². The Morgan fingerprint density at radius 2 is 0.808 bits per heavy atom. The fourth-order valence-corrected chi connectivity index (χ4v) is 2.67. The highest BCUT2D eigenvalue weighted by molar-refractivity contribution is 5.86. The summed E-state index contributed by atoms with van der Waals surface area (Å²) in [7, 11) is 0. The maximum absolute atomic E-state index is 9.24. The van der Waals surface area contributed by atoms with E-state index in [1.54, 1.807) is 9.80 Å². The van der Waals surface area contributed by atoms with Crippen molar-refractivity contribution in [3.05, 3.63) is 22.8 Å². The molecule has 1 aliphatic heterocycles. The van der Waals surface area contributed by atoms with Crippen LogP contribution in [0.4, 0.5) is 23.3 Å². The van der Waals surface area contributed by atoms with Crippen molar-refractivity contribution in [3.8, 4) is 24.3 Å². The molecule has 2 aromatic rings. The van der Waals surface area contributed by atoms with Gasteiger partial charge in [0.2, 0.25) is 0 Å². The summed E-state index contributed by atoms with van der Waals surface area (Å²) < 4.78 is 0. The lowest BCUT2D eigenvalue weighted by molar-refractivity contribution is 0.849. The monoisotopic (exact) mass is 342 g/mol. The van der Waals surface area contributed by atoms with Gasteiger partial charge in [-0.1, -0.05) is 0 Å². The van der Waals surface area contributed by atoms with Crippen molar-refractivity contribution in [2.24, 2.45) is 0 Å². The highest BCUT2D eigenvalue weighted by Crippen LogP contribution is 2.44. The van der Waals surface area contributed by atoms with Crippen molar-refractivity contribution in [2.75, 3.05) is 22.9 Å². The minimum atomic E-state index is -0.0914. The van der Waals surface area contributed by atoms with Crippen LogP contribution in [0, 0.1) is 45.3 Å². The number of nitrogens with zero attached hydrogens (tertiary/aromatic N) is 10. The van der Waals surface area contributed by atoms with E-state index in [1.165, 1.54) is 0 Å². The maximum atomic E-state index is 9.24. The number of hydrogen-bond acceptors (Lipinski definition) is 10. The zero-order valence-corrected chi connectivity index (χ0v) is 13.9. The second kappa shape index (κ2) is 6.32. The second-order valence-electron chi connectivity index (χ2n) is 5.07. The van der Waals surface area contributed by atoms with E-state index in [9.17, 15) is 21.0 Å². The molecule has 0 aliphatic carbocycles. The van der Waals surface area contributed by atoms with E-state index < -0.39 is 0 Å². The average Bonchev–Trinajstić information content (AvgIpc) is 2.69.